The molecule has 0 amide bonds. The average molecular weight is 297 g/mol. The average Bonchev–Trinajstić information content (AvgIpc) is 2.97. The van der Waals surface area contributed by atoms with E-state index in [1.54, 1.807) is 12.1 Å². The van der Waals surface area contributed by atoms with Gasteiger partial charge in [0.05, 0.1) is 11.4 Å². The van der Waals surface area contributed by atoms with Crippen LogP contribution in [0.4, 0.5) is 0 Å². The van der Waals surface area contributed by atoms with E-state index in [1.165, 1.54) is 12.1 Å². The van der Waals surface area contributed by atoms with E-state index in [9.17, 15) is 8.42 Å². The Morgan fingerprint density at radius 2 is 2.00 bits per heavy atom. The molecule has 1 aromatic heterocycles. The molecule has 2 aromatic rings. The summed E-state index contributed by atoms with van der Waals surface area (Å²) < 4.78 is 30.9. The zero-order chi connectivity index (χ0) is 14.4. The molecule has 2 N–H and O–H groups in total. The quantitative estimate of drug-likeness (QED) is 0.769. The van der Waals surface area contributed by atoms with Crippen molar-refractivity contribution in [1.29, 1.82) is 0 Å². The van der Waals surface area contributed by atoms with Crippen molar-refractivity contribution in [3.05, 3.63) is 42.0 Å². The number of hydrogen-bond donors (Lipinski definition) is 2. The number of sulfonamides is 1. The van der Waals surface area contributed by atoms with Gasteiger partial charge in [-0.1, -0.05) is 17.3 Å². The van der Waals surface area contributed by atoms with Gasteiger partial charge in [0.1, 0.15) is 0 Å². The second-order valence-corrected chi connectivity index (χ2v) is 5.91. The lowest BCUT2D eigenvalue weighted by Crippen LogP contribution is -2.23. The minimum Gasteiger partial charge on any atom is -0.396 e. The van der Waals surface area contributed by atoms with Crippen LogP contribution >= 0.6 is 0 Å². The summed E-state index contributed by atoms with van der Waals surface area (Å²) in [5.41, 5.74) is 0.983. The van der Waals surface area contributed by atoms with Crippen molar-refractivity contribution in [1.82, 2.24) is 14.9 Å². The summed E-state index contributed by atoms with van der Waals surface area (Å²) in [7, 11) is -3.59. The molecule has 0 fully saturated rings. The van der Waals surface area contributed by atoms with Crippen LogP contribution in [0, 0.1) is 0 Å². The predicted octanol–water partition coefficient (Wildman–Crippen LogP) is 0.473. The van der Waals surface area contributed by atoms with Gasteiger partial charge in [0, 0.05) is 6.61 Å². The van der Waals surface area contributed by atoms with Crippen molar-refractivity contribution in [3.8, 4) is 0 Å². The van der Waals surface area contributed by atoms with Gasteiger partial charge in [0.15, 0.2) is 5.82 Å². The van der Waals surface area contributed by atoms with E-state index in [-0.39, 0.29) is 23.9 Å². The Morgan fingerprint density at radius 3 is 2.60 bits per heavy atom. The van der Waals surface area contributed by atoms with E-state index in [2.05, 4.69) is 19.4 Å². The maximum Gasteiger partial charge on any atom is 0.240 e. The Labute approximate surface area is 116 Å². The van der Waals surface area contributed by atoms with Crippen LogP contribution in [0.1, 0.15) is 17.8 Å². The van der Waals surface area contributed by atoms with Crippen molar-refractivity contribution < 1.29 is 18.0 Å². The highest BCUT2D eigenvalue weighted by Gasteiger charge is 2.14. The minimum absolute atomic E-state index is 0.0227. The second-order valence-electron chi connectivity index (χ2n) is 4.14. The summed E-state index contributed by atoms with van der Waals surface area (Å²) in [5, 5.41) is 12.3. The van der Waals surface area contributed by atoms with Gasteiger partial charge >= 0.3 is 0 Å². The standard InChI is InChI=1S/C12H15N3O4S/c16-7-1-2-10-3-5-11(6-4-10)20(17,18)14-8-12-13-9-19-15-12/h3-6,9,14,16H,1-2,7-8H2. The van der Waals surface area contributed by atoms with Gasteiger partial charge in [-0.2, -0.15) is 4.98 Å². The number of nitrogens with one attached hydrogen (secondary N) is 1. The first-order valence-electron chi connectivity index (χ1n) is 6.06. The van der Waals surface area contributed by atoms with Crippen molar-refractivity contribution in [2.24, 2.45) is 0 Å². The molecule has 0 bridgehead atoms. The van der Waals surface area contributed by atoms with Crippen molar-refractivity contribution in [3.63, 3.8) is 0 Å². The molecule has 0 aliphatic carbocycles. The fraction of sp³-hybridized carbons (Fsp3) is 0.333. The number of aryl methyl sites for hydroxylation is 1. The number of aromatic nitrogens is 2. The molecule has 8 heteroatoms. The van der Waals surface area contributed by atoms with Gasteiger partial charge in [-0.05, 0) is 30.5 Å². The van der Waals surface area contributed by atoms with Crippen LogP contribution in [0.2, 0.25) is 0 Å². The number of hydrogen-bond acceptors (Lipinski definition) is 6. The van der Waals surface area contributed by atoms with Crippen LogP contribution in [-0.4, -0.2) is 30.3 Å². The fourth-order valence-electron chi connectivity index (χ4n) is 1.63. The summed E-state index contributed by atoms with van der Waals surface area (Å²) in [6.45, 7) is 0.0946. The molecule has 20 heavy (non-hydrogen) atoms. The highest BCUT2D eigenvalue weighted by atomic mass is 32.2. The smallest absolute Gasteiger partial charge is 0.240 e. The molecular formula is C12H15N3O4S. The van der Waals surface area contributed by atoms with E-state index in [0.29, 0.717) is 12.8 Å². The molecule has 0 radical (unpaired) electrons. The maximum absolute atomic E-state index is 12.0. The van der Waals surface area contributed by atoms with E-state index >= 15 is 0 Å². The normalized spacial score (nSPS) is 11.7. The largest absolute Gasteiger partial charge is 0.396 e. The zero-order valence-electron chi connectivity index (χ0n) is 10.7. The fourth-order valence-corrected chi connectivity index (χ4v) is 2.61. The molecule has 1 heterocycles. The summed E-state index contributed by atoms with van der Waals surface area (Å²) in [6, 6.07) is 6.54. The summed E-state index contributed by atoms with van der Waals surface area (Å²) in [6.07, 6.45) is 2.51. The van der Waals surface area contributed by atoms with Gasteiger partial charge in [0.2, 0.25) is 16.4 Å². The van der Waals surface area contributed by atoms with Crippen LogP contribution in [-0.2, 0) is 23.0 Å². The van der Waals surface area contributed by atoms with Crippen LogP contribution in [0.15, 0.2) is 40.1 Å². The minimum atomic E-state index is -3.59. The van der Waals surface area contributed by atoms with E-state index in [4.69, 9.17) is 5.11 Å². The van der Waals surface area contributed by atoms with Gasteiger partial charge in [0.25, 0.3) is 0 Å². The van der Waals surface area contributed by atoms with Gasteiger partial charge in [-0.15, -0.1) is 0 Å². The predicted molar refractivity (Wildman–Crippen MR) is 70.2 cm³/mol. The molecule has 7 nitrogen and oxygen atoms in total. The Hall–Kier alpha value is -1.77. The molecule has 0 atom stereocenters. The number of nitrogens with zero attached hydrogens (tertiary/aromatic N) is 2. The van der Waals surface area contributed by atoms with Crippen LogP contribution in [0.25, 0.3) is 0 Å². The number of aliphatic hydroxyl groups is 1. The van der Waals surface area contributed by atoms with Gasteiger partial charge < -0.3 is 9.63 Å². The molecule has 0 saturated heterocycles. The first-order valence-corrected chi connectivity index (χ1v) is 7.55. The van der Waals surface area contributed by atoms with Crippen molar-refractivity contribution in [2.75, 3.05) is 6.61 Å². The Kier molecular flexibility index (Phi) is 4.83. The van der Waals surface area contributed by atoms with Gasteiger partial charge in [-0.3, -0.25) is 0 Å². The Bertz CT molecular complexity index is 623. The molecule has 108 valence electrons. The van der Waals surface area contributed by atoms with E-state index < -0.39 is 10.0 Å². The Morgan fingerprint density at radius 1 is 1.25 bits per heavy atom. The summed E-state index contributed by atoms with van der Waals surface area (Å²) in [4.78, 5) is 3.91. The van der Waals surface area contributed by atoms with Crippen molar-refractivity contribution in [2.45, 2.75) is 24.3 Å². The lowest BCUT2D eigenvalue weighted by molar-refractivity contribution is 0.288. The molecule has 0 spiro atoms. The van der Waals surface area contributed by atoms with Crippen molar-refractivity contribution >= 4 is 10.0 Å². The van der Waals surface area contributed by atoms with Crippen LogP contribution < -0.4 is 4.72 Å². The summed E-state index contributed by atoms with van der Waals surface area (Å²) >= 11 is 0. The zero-order valence-corrected chi connectivity index (χ0v) is 11.5. The monoisotopic (exact) mass is 297 g/mol. The molecule has 0 saturated carbocycles. The number of rotatable bonds is 7. The topological polar surface area (TPSA) is 105 Å². The third-order valence-electron chi connectivity index (χ3n) is 2.68. The Balaban J connectivity index is 2.01. The molecular weight excluding hydrogens is 282 g/mol. The molecule has 0 aliphatic heterocycles. The SMILES string of the molecule is O=S(=O)(NCc1ncon1)c1ccc(CCCO)cc1. The summed E-state index contributed by atoms with van der Waals surface area (Å²) in [5.74, 6) is 0.271. The lowest BCUT2D eigenvalue weighted by Gasteiger charge is -2.06. The third kappa shape index (κ3) is 3.86. The molecule has 2 rings (SSSR count). The molecule has 0 unspecified atom stereocenters. The second kappa shape index (κ2) is 6.60. The van der Waals surface area contributed by atoms with E-state index in [1.807, 2.05) is 0 Å². The first kappa shape index (κ1) is 14.6. The van der Waals surface area contributed by atoms with Crippen LogP contribution in [0.3, 0.4) is 0 Å². The molecule has 0 aliphatic rings. The number of aliphatic hydroxyl groups excluding tert-OH is 1. The highest BCUT2D eigenvalue weighted by molar-refractivity contribution is 7.89. The molecule has 1 aromatic carbocycles. The van der Waals surface area contributed by atoms with Gasteiger partial charge in [-0.25, -0.2) is 13.1 Å². The lowest BCUT2D eigenvalue weighted by atomic mass is 10.1. The maximum atomic E-state index is 12.0. The highest BCUT2D eigenvalue weighted by Crippen LogP contribution is 2.12. The third-order valence-corrected chi connectivity index (χ3v) is 4.10. The van der Waals surface area contributed by atoms with Crippen LogP contribution in [0.5, 0.6) is 0 Å². The number of benzene rings is 1. The van der Waals surface area contributed by atoms with E-state index in [0.717, 1.165) is 12.0 Å². The first-order chi connectivity index (χ1) is 9.62.